The highest BCUT2D eigenvalue weighted by molar-refractivity contribution is 5.79. The molecular formula is C9H14N4O3. The van der Waals surface area contributed by atoms with E-state index in [1.807, 2.05) is 0 Å². The summed E-state index contributed by atoms with van der Waals surface area (Å²) < 4.78 is 5.19. The molecule has 1 unspecified atom stereocenters. The summed E-state index contributed by atoms with van der Waals surface area (Å²) in [6.45, 7) is 2.20. The highest BCUT2D eigenvalue weighted by Gasteiger charge is 2.16. The van der Waals surface area contributed by atoms with E-state index < -0.39 is 5.03 Å². The lowest BCUT2D eigenvalue weighted by molar-refractivity contribution is -0.485. The Kier molecular flexibility index (Phi) is 5.08. The van der Waals surface area contributed by atoms with Gasteiger partial charge in [-0.25, -0.2) is 10.1 Å². The average Bonchev–Trinajstić information content (AvgIpc) is 2.74. The molecule has 1 aliphatic rings. The fourth-order valence-corrected chi connectivity index (χ4v) is 1.33. The number of terminal acetylenes is 1. The highest BCUT2D eigenvalue weighted by Crippen LogP contribution is 2.10. The van der Waals surface area contributed by atoms with Crippen molar-refractivity contribution in [1.29, 1.82) is 0 Å². The first-order valence-corrected chi connectivity index (χ1v) is 4.94. The van der Waals surface area contributed by atoms with E-state index in [-0.39, 0.29) is 12.5 Å². The Bertz CT molecular complexity index is 304. The molecule has 1 fully saturated rings. The van der Waals surface area contributed by atoms with Gasteiger partial charge in [-0.05, 0) is 6.42 Å². The Balaban J connectivity index is 2.37. The number of rotatable bonds is 4. The van der Waals surface area contributed by atoms with Crippen LogP contribution in [0, 0.1) is 28.4 Å². The Labute approximate surface area is 93.4 Å². The minimum absolute atomic E-state index is 0.0925. The molecule has 88 valence electrons. The molecule has 0 saturated carbocycles. The zero-order valence-electron chi connectivity index (χ0n) is 8.81. The summed E-state index contributed by atoms with van der Waals surface area (Å²) in [7, 11) is 0. The zero-order chi connectivity index (χ0) is 11.8. The van der Waals surface area contributed by atoms with Crippen molar-refractivity contribution in [1.82, 2.24) is 10.6 Å². The van der Waals surface area contributed by atoms with Crippen LogP contribution in [0.2, 0.25) is 0 Å². The summed E-state index contributed by atoms with van der Waals surface area (Å²) in [5.41, 5.74) is 0. The third kappa shape index (κ3) is 4.61. The summed E-state index contributed by atoms with van der Waals surface area (Å²) in [5, 5.41) is 18.1. The van der Waals surface area contributed by atoms with Crippen molar-refractivity contribution in [2.24, 2.45) is 11.0 Å². The van der Waals surface area contributed by atoms with Gasteiger partial charge in [-0.2, -0.15) is 0 Å². The van der Waals surface area contributed by atoms with Crippen molar-refractivity contribution in [3.05, 3.63) is 10.1 Å². The Morgan fingerprint density at radius 1 is 1.69 bits per heavy atom. The van der Waals surface area contributed by atoms with Crippen LogP contribution in [0.1, 0.15) is 6.42 Å². The predicted molar refractivity (Wildman–Crippen MR) is 58.2 cm³/mol. The molecular weight excluding hydrogens is 212 g/mol. The topological polar surface area (TPSA) is 88.8 Å². The van der Waals surface area contributed by atoms with E-state index in [2.05, 4.69) is 21.7 Å². The van der Waals surface area contributed by atoms with Gasteiger partial charge in [-0.1, -0.05) is 5.92 Å². The molecule has 1 atom stereocenters. The molecule has 1 rings (SSSR count). The lowest BCUT2D eigenvalue weighted by Crippen LogP contribution is -2.40. The maximum atomic E-state index is 10.2. The van der Waals surface area contributed by atoms with Crippen molar-refractivity contribution in [2.75, 3.05) is 26.3 Å². The molecule has 0 aromatic rings. The van der Waals surface area contributed by atoms with Crippen molar-refractivity contribution < 1.29 is 9.77 Å². The van der Waals surface area contributed by atoms with Crippen LogP contribution in [-0.2, 0) is 4.74 Å². The van der Waals surface area contributed by atoms with Gasteiger partial charge in [0.1, 0.15) is 5.10 Å². The smallest absolute Gasteiger partial charge is 0.269 e. The van der Waals surface area contributed by atoms with Crippen LogP contribution in [0.5, 0.6) is 0 Å². The number of hydrazone groups is 1. The quantitative estimate of drug-likeness (QED) is 0.219. The molecule has 7 nitrogen and oxygen atoms in total. The van der Waals surface area contributed by atoms with Crippen LogP contribution >= 0.6 is 0 Å². The molecule has 0 radical (unpaired) electrons. The number of ether oxygens (including phenoxy) is 1. The fraction of sp³-hybridized carbons (Fsp3) is 0.667. The molecule has 0 amide bonds. The molecule has 1 aliphatic heterocycles. The van der Waals surface area contributed by atoms with E-state index >= 15 is 0 Å². The van der Waals surface area contributed by atoms with E-state index in [9.17, 15) is 10.1 Å². The van der Waals surface area contributed by atoms with Gasteiger partial charge in [0.05, 0.1) is 13.2 Å². The largest absolute Gasteiger partial charge is 0.381 e. The molecule has 7 heteroatoms. The average molecular weight is 226 g/mol. The van der Waals surface area contributed by atoms with E-state index in [1.165, 1.54) is 0 Å². The molecule has 1 heterocycles. The second-order valence-electron chi connectivity index (χ2n) is 3.35. The molecule has 16 heavy (non-hydrogen) atoms. The van der Waals surface area contributed by atoms with Gasteiger partial charge in [0.15, 0.2) is 5.03 Å². The molecule has 0 aromatic carbocycles. The van der Waals surface area contributed by atoms with Gasteiger partial charge < -0.3 is 15.4 Å². The molecule has 1 saturated heterocycles. The summed E-state index contributed by atoms with van der Waals surface area (Å²) in [6, 6.07) is 0. The second-order valence-corrected chi connectivity index (χ2v) is 3.35. The number of nitro groups is 1. The van der Waals surface area contributed by atoms with Gasteiger partial charge in [0, 0.05) is 19.1 Å². The van der Waals surface area contributed by atoms with Gasteiger partial charge in [-0.3, -0.25) is 0 Å². The van der Waals surface area contributed by atoms with E-state index in [1.54, 1.807) is 0 Å². The van der Waals surface area contributed by atoms with Gasteiger partial charge in [-0.15, -0.1) is 6.42 Å². The molecule has 2 N–H and O–H groups in total. The van der Waals surface area contributed by atoms with Crippen LogP contribution in [0.3, 0.4) is 0 Å². The van der Waals surface area contributed by atoms with Crippen LogP contribution in [0.4, 0.5) is 0 Å². The SMILES string of the molecule is C#CCN/C(=N/[N+](=O)[O-])NCC1CCOC1. The standard InChI is InChI=1S/C9H14N4O3/c1-2-4-10-9(12-13(14)15)11-6-8-3-5-16-7-8/h1,8H,3-7H2,(H2,10,11,12). The number of nitrogens with one attached hydrogen (secondary N) is 2. The van der Waals surface area contributed by atoms with Crippen molar-refractivity contribution in [2.45, 2.75) is 6.42 Å². The number of hydrogen-bond acceptors (Lipinski definition) is 3. The highest BCUT2D eigenvalue weighted by atomic mass is 16.7. The summed E-state index contributed by atoms with van der Waals surface area (Å²) in [5.74, 6) is 2.78. The van der Waals surface area contributed by atoms with E-state index in [4.69, 9.17) is 11.2 Å². The first-order valence-electron chi connectivity index (χ1n) is 4.94. The monoisotopic (exact) mass is 226 g/mol. The Morgan fingerprint density at radius 3 is 3.06 bits per heavy atom. The van der Waals surface area contributed by atoms with Crippen molar-refractivity contribution in [3.8, 4) is 12.3 Å². The van der Waals surface area contributed by atoms with Gasteiger partial charge in [0.25, 0.3) is 5.96 Å². The third-order valence-corrected chi connectivity index (χ3v) is 2.12. The first kappa shape index (κ1) is 12.3. The van der Waals surface area contributed by atoms with Gasteiger partial charge in [0.2, 0.25) is 0 Å². The fourth-order valence-electron chi connectivity index (χ4n) is 1.33. The minimum Gasteiger partial charge on any atom is -0.381 e. The maximum absolute atomic E-state index is 10.2. The minimum atomic E-state index is -0.767. The van der Waals surface area contributed by atoms with Gasteiger partial charge >= 0.3 is 0 Å². The maximum Gasteiger partial charge on any atom is 0.269 e. The summed E-state index contributed by atoms with van der Waals surface area (Å²) >= 11 is 0. The normalized spacial score (nSPS) is 20.2. The van der Waals surface area contributed by atoms with Crippen LogP contribution in [0.25, 0.3) is 0 Å². The van der Waals surface area contributed by atoms with Crippen LogP contribution in [-0.4, -0.2) is 37.3 Å². The number of guanidine groups is 1. The number of hydrogen-bond donors (Lipinski definition) is 2. The lowest BCUT2D eigenvalue weighted by Gasteiger charge is -2.10. The zero-order valence-corrected chi connectivity index (χ0v) is 8.81. The summed E-state index contributed by atoms with van der Waals surface area (Å²) in [6.07, 6.45) is 5.99. The first-order chi connectivity index (χ1) is 7.72. The van der Waals surface area contributed by atoms with E-state index in [0.29, 0.717) is 19.1 Å². The second kappa shape index (κ2) is 6.63. The predicted octanol–water partition coefficient (Wildman–Crippen LogP) is -0.617. The Hall–Kier alpha value is -1.81. The van der Waals surface area contributed by atoms with Crippen LogP contribution < -0.4 is 10.6 Å². The molecule has 0 aromatic heterocycles. The third-order valence-electron chi connectivity index (χ3n) is 2.12. The lowest BCUT2D eigenvalue weighted by atomic mass is 10.1. The Morgan fingerprint density at radius 2 is 2.50 bits per heavy atom. The van der Waals surface area contributed by atoms with Crippen LogP contribution in [0.15, 0.2) is 5.10 Å². The molecule has 0 spiro atoms. The number of nitrogens with zero attached hydrogens (tertiary/aromatic N) is 2. The molecule has 0 bridgehead atoms. The summed E-state index contributed by atoms with van der Waals surface area (Å²) in [4.78, 5) is 10.2. The molecule has 0 aliphatic carbocycles. The van der Waals surface area contributed by atoms with E-state index in [0.717, 1.165) is 13.0 Å². The van der Waals surface area contributed by atoms with Crippen molar-refractivity contribution >= 4 is 5.96 Å². The van der Waals surface area contributed by atoms with Crippen molar-refractivity contribution in [3.63, 3.8) is 0 Å².